The van der Waals surface area contributed by atoms with Crippen LogP contribution in [0.25, 0.3) is 0 Å². The fourth-order valence-corrected chi connectivity index (χ4v) is 2.95. The molecule has 2 rings (SSSR count). The van der Waals surface area contributed by atoms with Crippen molar-refractivity contribution in [3.8, 4) is 0 Å². The molecule has 0 radical (unpaired) electrons. The summed E-state index contributed by atoms with van der Waals surface area (Å²) in [6, 6.07) is 0. The summed E-state index contributed by atoms with van der Waals surface area (Å²) in [5, 5.41) is 8.57. The Bertz CT molecular complexity index is 496. The number of ketones is 1. The summed E-state index contributed by atoms with van der Waals surface area (Å²) in [7, 11) is 0. The summed E-state index contributed by atoms with van der Waals surface area (Å²) in [6.07, 6.45) is -1.13. The van der Waals surface area contributed by atoms with Gasteiger partial charge in [-0.3, -0.25) is 14.4 Å². The molecule has 2 aliphatic heterocycles. The number of aliphatic carboxylic acids is 1. The number of fused-ring (bicyclic) bond motifs is 1. The molecule has 0 amide bonds. The van der Waals surface area contributed by atoms with Gasteiger partial charge in [-0.05, 0) is 19.8 Å². The van der Waals surface area contributed by atoms with Crippen LogP contribution in [0.15, 0.2) is 0 Å². The fraction of sp³-hybridized carbons (Fsp3) is 0.765. The first-order chi connectivity index (χ1) is 12.4. The number of carboxylic acid groups (broad SMARTS) is 1. The molecule has 0 unspecified atom stereocenters. The van der Waals surface area contributed by atoms with E-state index in [0.29, 0.717) is 12.8 Å². The summed E-state index contributed by atoms with van der Waals surface area (Å²) in [5.41, 5.74) is 0. The van der Waals surface area contributed by atoms with E-state index < -0.39 is 42.3 Å². The van der Waals surface area contributed by atoms with Gasteiger partial charge in [0.2, 0.25) is 0 Å². The van der Waals surface area contributed by atoms with Crippen molar-refractivity contribution in [2.45, 2.75) is 69.9 Å². The third-order valence-electron chi connectivity index (χ3n) is 4.21. The number of Topliss-reactive ketones (excluding diaryl/α,β-unsaturated/α-hetero) is 1. The molecule has 1 N–H and O–H groups in total. The summed E-state index contributed by atoms with van der Waals surface area (Å²) in [6.45, 7) is 1.76. The number of carbonyl (C=O) groups excluding carboxylic acids is 3. The van der Waals surface area contributed by atoms with Crippen molar-refractivity contribution in [3.05, 3.63) is 0 Å². The number of hydrogen-bond donors (Lipinski definition) is 1. The van der Waals surface area contributed by atoms with Gasteiger partial charge in [0.1, 0.15) is 18.0 Å². The molecule has 0 aromatic rings. The first-order valence-corrected chi connectivity index (χ1v) is 8.70. The van der Waals surface area contributed by atoms with Gasteiger partial charge in [-0.1, -0.05) is 0 Å². The van der Waals surface area contributed by atoms with Crippen molar-refractivity contribution in [1.82, 2.24) is 0 Å². The van der Waals surface area contributed by atoms with E-state index in [4.69, 9.17) is 24.1 Å². The third-order valence-corrected chi connectivity index (χ3v) is 4.21. The molecule has 0 spiro atoms. The number of ether oxygens (including phenoxy) is 4. The van der Waals surface area contributed by atoms with Crippen molar-refractivity contribution in [1.29, 1.82) is 0 Å². The smallest absolute Gasteiger partial charge is 0.306 e. The lowest BCUT2D eigenvalue weighted by Crippen LogP contribution is -2.36. The zero-order chi connectivity index (χ0) is 19.1. The van der Waals surface area contributed by atoms with Crippen molar-refractivity contribution in [2.75, 3.05) is 13.2 Å². The van der Waals surface area contributed by atoms with Crippen molar-refractivity contribution < 1.29 is 43.2 Å². The SMILES string of the molecule is CC(=O)CCCC(=O)O[C@@H]1CO[C@H]2[C@@H]1OC[C@H]2OC(=O)CCCC(=O)O. The highest BCUT2D eigenvalue weighted by Gasteiger charge is 2.51. The van der Waals surface area contributed by atoms with Gasteiger partial charge in [0.15, 0.2) is 12.2 Å². The van der Waals surface area contributed by atoms with Crippen LogP contribution in [0, 0.1) is 0 Å². The molecule has 0 saturated carbocycles. The van der Waals surface area contributed by atoms with Gasteiger partial charge < -0.3 is 28.8 Å². The van der Waals surface area contributed by atoms with Gasteiger partial charge in [-0.25, -0.2) is 0 Å². The number of esters is 2. The standard InChI is InChI=1S/C17H24O9/c1-10(18)4-2-6-14(21)25-11-8-23-17-12(9-24-16(11)17)26-15(22)7-3-5-13(19)20/h11-12,16-17H,2-9H2,1H3,(H,19,20)/t11-,12-,16-,17-/m1/s1. The predicted molar refractivity (Wildman–Crippen MR) is 85.3 cm³/mol. The molecule has 2 saturated heterocycles. The van der Waals surface area contributed by atoms with Crippen LogP contribution in [0.5, 0.6) is 0 Å². The zero-order valence-electron chi connectivity index (χ0n) is 14.7. The Hall–Kier alpha value is -2.00. The fourth-order valence-electron chi connectivity index (χ4n) is 2.95. The van der Waals surface area contributed by atoms with E-state index in [0.717, 1.165) is 0 Å². The number of carbonyl (C=O) groups is 4. The van der Waals surface area contributed by atoms with E-state index in [1.54, 1.807) is 0 Å². The molecular formula is C17H24O9. The molecule has 2 heterocycles. The minimum absolute atomic E-state index is 0.00868. The monoisotopic (exact) mass is 372 g/mol. The zero-order valence-corrected chi connectivity index (χ0v) is 14.7. The van der Waals surface area contributed by atoms with Crippen LogP contribution in [0.4, 0.5) is 0 Å². The molecule has 9 heteroatoms. The lowest BCUT2D eigenvalue weighted by Gasteiger charge is -2.17. The molecule has 146 valence electrons. The van der Waals surface area contributed by atoms with Crippen LogP contribution in [0.1, 0.15) is 45.4 Å². The van der Waals surface area contributed by atoms with Gasteiger partial charge in [0, 0.05) is 25.7 Å². The van der Waals surface area contributed by atoms with Crippen LogP contribution in [-0.4, -0.2) is 66.4 Å². The Balaban J connectivity index is 1.72. The lowest BCUT2D eigenvalue weighted by molar-refractivity contribution is -0.155. The maximum absolute atomic E-state index is 11.8. The Morgan fingerprint density at radius 1 is 0.846 bits per heavy atom. The Kier molecular flexibility index (Phi) is 7.52. The van der Waals surface area contributed by atoms with Crippen LogP contribution in [0.3, 0.4) is 0 Å². The minimum Gasteiger partial charge on any atom is -0.481 e. The third kappa shape index (κ3) is 6.06. The number of rotatable bonds is 10. The molecule has 2 aliphatic rings. The molecule has 2 fully saturated rings. The number of carboxylic acids is 1. The van der Waals surface area contributed by atoms with E-state index in [2.05, 4.69) is 0 Å². The van der Waals surface area contributed by atoms with E-state index in [9.17, 15) is 19.2 Å². The molecule has 0 aromatic heterocycles. The second-order valence-corrected chi connectivity index (χ2v) is 6.46. The summed E-state index contributed by atoms with van der Waals surface area (Å²) >= 11 is 0. The Morgan fingerprint density at radius 3 is 1.73 bits per heavy atom. The summed E-state index contributed by atoms with van der Waals surface area (Å²) in [5.74, 6) is -1.87. The van der Waals surface area contributed by atoms with Gasteiger partial charge >= 0.3 is 17.9 Å². The second kappa shape index (κ2) is 9.63. The normalized spacial score (nSPS) is 27.0. The first kappa shape index (κ1) is 20.3. The number of hydrogen-bond acceptors (Lipinski definition) is 8. The molecular weight excluding hydrogens is 348 g/mol. The molecule has 4 atom stereocenters. The van der Waals surface area contributed by atoms with Gasteiger partial charge in [-0.2, -0.15) is 0 Å². The van der Waals surface area contributed by atoms with Crippen LogP contribution in [0.2, 0.25) is 0 Å². The highest BCUT2D eigenvalue weighted by molar-refractivity contribution is 5.76. The molecule has 0 aromatic carbocycles. The largest absolute Gasteiger partial charge is 0.481 e. The van der Waals surface area contributed by atoms with Crippen LogP contribution < -0.4 is 0 Å². The van der Waals surface area contributed by atoms with Crippen molar-refractivity contribution in [2.24, 2.45) is 0 Å². The topological polar surface area (TPSA) is 125 Å². The average molecular weight is 372 g/mol. The van der Waals surface area contributed by atoms with Crippen molar-refractivity contribution >= 4 is 23.7 Å². The van der Waals surface area contributed by atoms with E-state index >= 15 is 0 Å². The molecule has 0 aliphatic carbocycles. The van der Waals surface area contributed by atoms with E-state index in [-0.39, 0.29) is 44.7 Å². The molecule has 9 nitrogen and oxygen atoms in total. The molecule has 0 bridgehead atoms. The summed E-state index contributed by atoms with van der Waals surface area (Å²) < 4.78 is 21.8. The quantitative estimate of drug-likeness (QED) is 0.549. The lowest BCUT2D eigenvalue weighted by atomic mass is 10.1. The highest BCUT2D eigenvalue weighted by Crippen LogP contribution is 2.31. The summed E-state index contributed by atoms with van der Waals surface area (Å²) in [4.78, 5) is 44.9. The average Bonchev–Trinajstić information content (AvgIpc) is 3.10. The Labute approximate surface area is 150 Å². The maximum atomic E-state index is 11.8. The van der Waals surface area contributed by atoms with Gasteiger partial charge in [0.25, 0.3) is 0 Å². The van der Waals surface area contributed by atoms with Gasteiger partial charge in [0.05, 0.1) is 13.2 Å². The highest BCUT2D eigenvalue weighted by atomic mass is 16.7. The predicted octanol–water partition coefficient (Wildman–Crippen LogP) is 0.622. The first-order valence-electron chi connectivity index (χ1n) is 8.70. The van der Waals surface area contributed by atoms with Gasteiger partial charge in [-0.15, -0.1) is 0 Å². The van der Waals surface area contributed by atoms with Crippen LogP contribution in [-0.2, 0) is 38.1 Å². The Morgan fingerprint density at radius 2 is 1.31 bits per heavy atom. The van der Waals surface area contributed by atoms with E-state index in [1.807, 2.05) is 0 Å². The maximum Gasteiger partial charge on any atom is 0.306 e. The second-order valence-electron chi connectivity index (χ2n) is 6.46. The van der Waals surface area contributed by atoms with Crippen molar-refractivity contribution in [3.63, 3.8) is 0 Å². The minimum atomic E-state index is -0.964. The molecule has 26 heavy (non-hydrogen) atoms. The van der Waals surface area contributed by atoms with E-state index in [1.165, 1.54) is 6.92 Å². The van der Waals surface area contributed by atoms with Crippen LogP contribution >= 0.6 is 0 Å².